The first kappa shape index (κ1) is 22.3. The lowest BCUT2D eigenvalue weighted by molar-refractivity contribution is 0.0479. The summed E-state index contributed by atoms with van der Waals surface area (Å²) in [4.78, 5) is 0. The summed E-state index contributed by atoms with van der Waals surface area (Å²) in [6, 6.07) is 20.8. The minimum Gasteiger partial charge on any atom is -0.368 e. The van der Waals surface area contributed by atoms with Gasteiger partial charge in [-0.15, -0.1) is 0 Å². The number of nitrogens with zero attached hydrogens (tertiary/aromatic N) is 2. The summed E-state index contributed by atoms with van der Waals surface area (Å²) in [5.41, 5.74) is 1.42. The molecule has 0 bridgehead atoms. The highest BCUT2D eigenvalue weighted by Crippen LogP contribution is 2.20. The summed E-state index contributed by atoms with van der Waals surface area (Å²) >= 11 is 0. The Hall–Kier alpha value is -2.00. The normalized spacial score (nSPS) is 13.9. The number of hydrogen-bond acceptors (Lipinski definition) is 3. The molecule has 0 aliphatic rings. The van der Waals surface area contributed by atoms with Gasteiger partial charge in [-0.1, -0.05) is 99.7 Å². The minimum absolute atomic E-state index is 0.0285. The molecule has 0 saturated carbocycles. The van der Waals surface area contributed by atoms with Crippen LogP contribution in [0, 0.1) is 0 Å². The molecule has 2 aromatic carbocycles. The van der Waals surface area contributed by atoms with Crippen molar-refractivity contribution in [3.63, 3.8) is 0 Å². The first-order chi connectivity index (χ1) is 13.6. The summed E-state index contributed by atoms with van der Waals surface area (Å²) in [7, 11) is 0. The minimum atomic E-state index is -1.07. The standard InChI is InChI=1S/C25H36N2O/c1-3-4-5-6-7-14-19-25(2,28)27-26-24(20-22-15-10-8-11-16-22)21-23-17-12-9-13-18-23/h8-13,15-18,24,28H,3-7,14,19-21H2,1-2H3. The number of unbranched alkanes of at least 4 members (excludes halogenated alkanes) is 5. The Labute approximate surface area is 170 Å². The molecule has 0 spiro atoms. The highest BCUT2D eigenvalue weighted by atomic mass is 16.3. The molecule has 2 rings (SSSR count). The fraction of sp³-hybridized carbons (Fsp3) is 0.520. The van der Waals surface area contributed by atoms with Gasteiger partial charge in [-0.25, -0.2) is 0 Å². The quantitative estimate of drug-likeness (QED) is 0.303. The first-order valence-corrected chi connectivity index (χ1v) is 10.8. The molecular formula is C25H36N2O. The van der Waals surface area contributed by atoms with Crippen LogP contribution in [0.1, 0.15) is 69.9 Å². The van der Waals surface area contributed by atoms with Crippen LogP contribution >= 0.6 is 0 Å². The third-order valence-electron chi connectivity index (χ3n) is 5.07. The predicted octanol–water partition coefficient (Wildman–Crippen LogP) is 6.75. The summed E-state index contributed by atoms with van der Waals surface area (Å²) in [5, 5.41) is 19.6. The summed E-state index contributed by atoms with van der Waals surface area (Å²) in [5.74, 6) is 0. The SMILES string of the molecule is CCCCCCCCC(C)(O)N=NC(Cc1ccccc1)Cc1ccccc1. The summed E-state index contributed by atoms with van der Waals surface area (Å²) in [6.45, 7) is 4.01. The molecular weight excluding hydrogens is 344 g/mol. The van der Waals surface area contributed by atoms with E-state index < -0.39 is 5.72 Å². The Morgan fingerprint density at radius 3 is 1.82 bits per heavy atom. The lowest BCUT2D eigenvalue weighted by Crippen LogP contribution is -2.22. The molecule has 3 nitrogen and oxygen atoms in total. The maximum Gasteiger partial charge on any atom is 0.173 e. The summed E-state index contributed by atoms with van der Waals surface area (Å²) < 4.78 is 0. The van der Waals surface area contributed by atoms with Gasteiger partial charge in [0.25, 0.3) is 0 Å². The zero-order valence-corrected chi connectivity index (χ0v) is 17.6. The van der Waals surface area contributed by atoms with E-state index in [1.54, 1.807) is 6.92 Å². The van der Waals surface area contributed by atoms with Crippen LogP contribution in [0.15, 0.2) is 70.9 Å². The second-order valence-corrected chi connectivity index (χ2v) is 7.98. The van der Waals surface area contributed by atoms with E-state index in [0.717, 1.165) is 25.7 Å². The average molecular weight is 381 g/mol. The molecule has 1 atom stereocenters. The fourth-order valence-corrected chi connectivity index (χ4v) is 3.42. The van der Waals surface area contributed by atoms with Crippen molar-refractivity contribution in [3.05, 3.63) is 71.8 Å². The van der Waals surface area contributed by atoms with Gasteiger partial charge in [0.15, 0.2) is 5.72 Å². The maximum atomic E-state index is 10.6. The highest BCUT2D eigenvalue weighted by Gasteiger charge is 2.20. The number of rotatable bonds is 13. The topological polar surface area (TPSA) is 45.0 Å². The number of hydrogen-bond donors (Lipinski definition) is 1. The zero-order chi connectivity index (χ0) is 20.1. The van der Waals surface area contributed by atoms with Gasteiger partial charge in [0.05, 0.1) is 6.04 Å². The van der Waals surface area contributed by atoms with Gasteiger partial charge in [-0.2, -0.15) is 10.2 Å². The predicted molar refractivity (Wildman–Crippen MR) is 118 cm³/mol. The largest absolute Gasteiger partial charge is 0.368 e. The van der Waals surface area contributed by atoms with Crippen molar-refractivity contribution in [1.82, 2.24) is 0 Å². The van der Waals surface area contributed by atoms with Crippen LogP contribution in [-0.2, 0) is 12.8 Å². The van der Waals surface area contributed by atoms with Crippen molar-refractivity contribution in [2.45, 2.75) is 83.4 Å². The number of benzene rings is 2. The molecule has 0 fully saturated rings. The fourth-order valence-electron chi connectivity index (χ4n) is 3.42. The van der Waals surface area contributed by atoms with E-state index in [0.29, 0.717) is 6.42 Å². The van der Waals surface area contributed by atoms with Crippen molar-refractivity contribution in [3.8, 4) is 0 Å². The monoisotopic (exact) mass is 380 g/mol. The highest BCUT2D eigenvalue weighted by molar-refractivity contribution is 5.19. The van der Waals surface area contributed by atoms with Gasteiger partial charge >= 0.3 is 0 Å². The van der Waals surface area contributed by atoms with Crippen LogP contribution in [0.3, 0.4) is 0 Å². The molecule has 0 aromatic heterocycles. The third kappa shape index (κ3) is 9.27. The Bertz CT molecular complexity index is 626. The van der Waals surface area contributed by atoms with Gasteiger partial charge in [0.2, 0.25) is 0 Å². The average Bonchev–Trinajstić information content (AvgIpc) is 2.70. The lowest BCUT2D eigenvalue weighted by atomic mass is 10.00. The number of aliphatic hydroxyl groups is 1. The van der Waals surface area contributed by atoms with Crippen LogP contribution in [0.4, 0.5) is 0 Å². The molecule has 0 amide bonds. The Morgan fingerprint density at radius 2 is 1.29 bits per heavy atom. The van der Waals surface area contributed by atoms with Crippen molar-refractivity contribution in [2.75, 3.05) is 0 Å². The van der Waals surface area contributed by atoms with E-state index in [9.17, 15) is 5.11 Å². The van der Waals surface area contributed by atoms with E-state index in [4.69, 9.17) is 0 Å². The van der Waals surface area contributed by atoms with E-state index >= 15 is 0 Å². The van der Waals surface area contributed by atoms with Crippen LogP contribution < -0.4 is 0 Å². The number of azo groups is 1. The van der Waals surface area contributed by atoms with Crippen LogP contribution in [-0.4, -0.2) is 16.9 Å². The molecule has 0 aliphatic carbocycles. The van der Waals surface area contributed by atoms with Crippen molar-refractivity contribution in [1.29, 1.82) is 0 Å². The van der Waals surface area contributed by atoms with Crippen molar-refractivity contribution in [2.24, 2.45) is 10.2 Å². The third-order valence-corrected chi connectivity index (χ3v) is 5.07. The molecule has 0 heterocycles. The first-order valence-electron chi connectivity index (χ1n) is 10.8. The Balaban J connectivity index is 1.93. The van der Waals surface area contributed by atoms with E-state index in [1.165, 1.54) is 36.8 Å². The van der Waals surface area contributed by atoms with Crippen LogP contribution in [0.5, 0.6) is 0 Å². The van der Waals surface area contributed by atoms with E-state index in [2.05, 4.69) is 65.7 Å². The van der Waals surface area contributed by atoms with E-state index in [-0.39, 0.29) is 6.04 Å². The van der Waals surface area contributed by atoms with Gasteiger partial charge in [-0.3, -0.25) is 0 Å². The lowest BCUT2D eigenvalue weighted by Gasteiger charge is -2.19. The molecule has 2 aromatic rings. The molecule has 0 saturated heterocycles. The second-order valence-electron chi connectivity index (χ2n) is 7.98. The van der Waals surface area contributed by atoms with Gasteiger partial charge in [0, 0.05) is 0 Å². The molecule has 0 aliphatic heterocycles. The second kappa shape index (κ2) is 12.5. The molecule has 0 radical (unpaired) electrons. The van der Waals surface area contributed by atoms with Crippen molar-refractivity contribution >= 4 is 0 Å². The van der Waals surface area contributed by atoms with Crippen LogP contribution in [0.25, 0.3) is 0 Å². The Kier molecular flexibility index (Phi) is 9.92. The van der Waals surface area contributed by atoms with Gasteiger partial charge < -0.3 is 5.11 Å². The molecule has 28 heavy (non-hydrogen) atoms. The van der Waals surface area contributed by atoms with Crippen molar-refractivity contribution < 1.29 is 5.11 Å². The van der Waals surface area contributed by atoms with Gasteiger partial charge in [-0.05, 0) is 43.7 Å². The maximum absolute atomic E-state index is 10.6. The molecule has 152 valence electrons. The van der Waals surface area contributed by atoms with Gasteiger partial charge in [0.1, 0.15) is 0 Å². The Morgan fingerprint density at radius 1 is 0.786 bits per heavy atom. The van der Waals surface area contributed by atoms with E-state index in [1.807, 2.05) is 12.1 Å². The zero-order valence-electron chi connectivity index (χ0n) is 17.6. The van der Waals surface area contributed by atoms with Crippen LogP contribution in [0.2, 0.25) is 0 Å². The summed E-state index contributed by atoms with van der Waals surface area (Å²) in [6.07, 6.45) is 9.57. The smallest absolute Gasteiger partial charge is 0.173 e. The molecule has 3 heteroatoms. The molecule has 1 unspecified atom stereocenters. The molecule has 1 N–H and O–H groups in total.